The summed E-state index contributed by atoms with van der Waals surface area (Å²) in [5, 5.41) is 5.53. The van der Waals surface area contributed by atoms with Gasteiger partial charge in [0.1, 0.15) is 0 Å². The minimum atomic E-state index is -0.663. The van der Waals surface area contributed by atoms with Crippen molar-refractivity contribution in [2.24, 2.45) is 0 Å². The Labute approximate surface area is 188 Å². The van der Waals surface area contributed by atoms with Gasteiger partial charge < -0.3 is 10.6 Å². The number of carbonyl (C=O) groups is 2. The molecular weight excluding hydrogens is 400 g/mol. The van der Waals surface area contributed by atoms with E-state index in [4.69, 9.17) is 0 Å². The van der Waals surface area contributed by atoms with Gasteiger partial charge in [-0.2, -0.15) is 0 Å². The van der Waals surface area contributed by atoms with Crippen LogP contribution in [-0.2, 0) is 22.6 Å². The molecule has 0 bridgehead atoms. The molecule has 4 rings (SSSR count). The van der Waals surface area contributed by atoms with Crippen molar-refractivity contribution in [2.75, 3.05) is 18.4 Å². The number of aryl methyl sites for hydroxylation is 2. The lowest BCUT2D eigenvalue weighted by atomic mass is 9.97. The number of nitrogens with one attached hydrogen (secondary N) is 2. The minimum Gasteiger partial charge on any atom is -0.346 e. The molecule has 0 saturated carbocycles. The van der Waals surface area contributed by atoms with Crippen LogP contribution in [0.3, 0.4) is 0 Å². The van der Waals surface area contributed by atoms with Gasteiger partial charge in [-0.15, -0.1) is 0 Å². The second kappa shape index (κ2) is 9.75. The Morgan fingerprint density at radius 3 is 2.47 bits per heavy atom. The molecule has 1 aliphatic heterocycles. The molecule has 32 heavy (non-hydrogen) atoms. The molecule has 0 fully saturated rings. The SMILES string of the molecule is Cc1cc(C)cc(NC(=O)C(=O)NC[C@H](c2cccnc2)N2CCc3ccccc3C2)c1. The fraction of sp³-hybridized carbons (Fsp3) is 0.269. The van der Waals surface area contributed by atoms with Gasteiger partial charge in [0.25, 0.3) is 0 Å². The van der Waals surface area contributed by atoms with Gasteiger partial charge >= 0.3 is 11.8 Å². The van der Waals surface area contributed by atoms with E-state index in [1.165, 1.54) is 11.1 Å². The van der Waals surface area contributed by atoms with Crippen LogP contribution in [0.25, 0.3) is 0 Å². The van der Waals surface area contributed by atoms with E-state index in [-0.39, 0.29) is 6.04 Å². The van der Waals surface area contributed by atoms with Crippen molar-refractivity contribution < 1.29 is 9.59 Å². The topological polar surface area (TPSA) is 74.3 Å². The minimum absolute atomic E-state index is 0.0741. The van der Waals surface area contributed by atoms with E-state index in [0.29, 0.717) is 12.2 Å². The number of pyridine rings is 1. The molecule has 6 heteroatoms. The second-order valence-corrected chi connectivity index (χ2v) is 8.33. The lowest BCUT2D eigenvalue weighted by molar-refractivity contribution is -0.136. The number of fused-ring (bicyclic) bond motifs is 1. The maximum Gasteiger partial charge on any atom is 0.313 e. The molecule has 0 saturated heterocycles. The monoisotopic (exact) mass is 428 g/mol. The zero-order valence-corrected chi connectivity index (χ0v) is 18.5. The number of amides is 2. The summed E-state index contributed by atoms with van der Waals surface area (Å²) in [5.41, 5.74) is 6.36. The average Bonchev–Trinajstić information content (AvgIpc) is 2.79. The normalized spacial score (nSPS) is 14.3. The van der Waals surface area contributed by atoms with E-state index in [1.807, 2.05) is 50.4 Å². The number of nitrogens with zero attached hydrogens (tertiary/aromatic N) is 2. The maximum atomic E-state index is 12.6. The quantitative estimate of drug-likeness (QED) is 0.610. The van der Waals surface area contributed by atoms with Gasteiger partial charge in [0, 0.05) is 37.7 Å². The van der Waals surface area contributed by atoms with Crippen LogP contribution in [0.4, 0.5) is 5.69 Å². The van der Waals surface area contributed by atoms with Crippen molar-refractivity contribution in [3.63, 3.8) is 0 Å². The molecular formula is C26H28N4O2. The van der Waals surface area contributed by atoms with Crippen molar-refractivity contribution >= 4 is 17.5 Å². The Balaban J connectivity index is 1.45. The van der Waals surface area contributed by atoms with Gasteiger partial charge in [-0.05, 0) is 66.3 Å². The molecule has 3 aromatic rings. The van der Waals surface area contributed by atoms with Crippen molar-refractivity contribution in [2.45, 2.75) is 32.9 Å². The first kappa shape index (κ1) is 21.7. The summed E-state index contributed by atoms with van der Waals surface area (Å²) in [6.07, 6.45) is 4.52. The predicted molar refractivity (Wildman–Crippen MR) is 125 cm³/mol. The predicted octanol–water partition coefficient (Wildman–Crippen LogP) is 3.55. The van der Waals surface area contributed by atoms with E-state index in [9.17, 15) is 9.59 Å². The molecule has 0 radical (unpaired) electrons. The molecule has 1 aromatic heterocycles. The second-order valence-electron chi connectivity index (χ2n) is 8.33. The average molecular weight is 429 g/mol. The zero-order chi connectivity index (χ0) is 22.5. The third-order valence-electron chi connectivity index (χ3n) is 5.81. The number of aromatic nitrogens is 1. The Morgan fingerprint density at radius 1 is 1.00 bits per heavy atom. The molecule has 2 N–H and O–H groups in total. The van der Waals surface area contributed by atoms with Crippen LogP contribution in [0.2, 0.25) is 0 Å². The number of hydrogen-bond donors (Lipinski definition) is 2. The first-order valence-electron chi connectivity index (χ1n) is 10.9. The van der Waals surface area contributed by atoms with Gasteiger partial charge in [0.2, 0.25) is 0 Å². The molecule has 0 aliphatic carbocycles. The highest BCUT2D eigenvalue weighted by atomic mass is 16.2. The van der Waals surface area contributed by atoms with Crippen molar-refractivity contribution in [1.82, 2.24) is 15.2 Å². The Hall–Kier alpha value is -3.51. The van der Waals surface area contributed by atoms with E-state index < -0.39 is 11.8 Å². The molecule has 0 unspecified atom stereocenters. The first-order valence-corrected chi connectivity index (χ1v) is 10.9. The lowest BCUT2D eigenvalue weighted by Gasteiger charge is -2.35. The van der Waals surface area contributed by atoms with Crippen molar-refractivity contribution in [3.05, 3.63) is 94.8 Å². The highest BCUT2D eigenvalue weighted by Crippen LogP contribution is 2.27. The van der Waals surface area contributed by atoms with Gasteiger partial charge in [-0.25, -0.2) is 0 Å². The van der Waals surface area contributed by atoms with Crippen molar-refractivity contribution in [3.8, 4) is 0 Å². The Bertz CT molecular complexity index is 1090. The van der Waals surface area contributed by atoms with Gasteiger partial charge in [0.15, 0.2) is 0 Å². The lowest BCUT2D eigenvalue weighted by Crippen LogP contribution is -2.43. The fourth-order valence-corrected chi connectivity index (χ4v) is 4.32. The number of anilines is 1. The third kappa shape index (κ3) is 5.21. The van der Waals surface area contributed by atoms with Crippen molar-refractivity contribution in [1.29, 1.82) is 0 Å². The maximum absolute atomic E-state index is 12.6. The molecule has 0 spiro atoms. The van der Waals surface area contributed by atoms with Gasteiger partial charge in [0.05, 0.1) is 6.04 Å². The summed E-state index contributed by atoms with van der Waals surface area (Å²) in [7, 11) is 0. The summed E-state index contributed by atoms with van der Waals surface area (Å²) < 4.78 is 0. The van der Waals surface area contributed by atoms with Gasteiger partial charge in [-0.3, -0.25) is 19.5 Å². The van der Waals surface area contributed by atoms with Crippen LogP contribution >= 0.6 is 0 Å². The van der Waals surface area contributed by atoms with Crippen LogP contribution in [0.5, 0.6) is 0 Å². The molecule has 1 atom stereocenters. The molecule has 6 nitrogen and oxygen atoms in total. The number of carbonyl (C=O) groups excluding carboxylic acids is 2. The largest absolute Gasteiger partial charge is 0.346 e. The number of hydrogen-bond acceptors (Lipinski definition) is 4. The van der Waals surface area contributed by atoms with E-state index >= 15 is 0 Å². The van der Waals surface area contributed by atoms with Crippen LogP contribution in [-0.4, -0.2) is 34.8 Å². The molecule has 164 valence electrons. The molecule has 2 aromatic carbocycles. The van der Waals surface area contributed by atoms with Crippen LogP contribution in [0.1, 0.15) is 33.9 Å². The summed E-state index contributed by atoms with van der Waals surface area (Å²) in [5.74, 6) is -1.31. The van der Waals surface area contributed by atoms with Gasteiger partial charge in [-0.1, -0.05) is 36.4 Å². The molecule has 2 amide bonds. The summed E-state index contributed by atoms with van der Waals surface area (Å²) in [6.45, 7) is 5.91. The first-order chi connectivity index (χ1) is 15.5. The zero-order valence-electron chi connectivity index (χ0n) is 18.5. The Morgan fingerprint density at radius 2 is 1.75 bits per heavy atom. The van der Waals surface area contributed by atoms with Crippen LogP contribution in [0, 0.1) is 13.8 Å². The van der Waals surface area contributed by atoms with E-state index in [1.54, 1.807) is 6.20 Å². The van der Waals surface area contributed by atoms with E-state index in [0.717, 1.165) is 36.2 Å². The number of rotatable bonds is 5. The fourth-order valence-electron chi connectivity index (χ4n) is 4.32. The smallest absolute Gasteiger partial charge is 0.313 e. The number of benzene rings is 2. The summed E-state index contributed by atoms with van der Waals surface area (Å²) in [4.78, 5) is 31.6. The van der Waals surface area contributed by atoms with Crippen LogP contribution < -0.4 is 10.6 Å². The van der Waals surface area contributed by atoms with E-state index in [2.05, 4.69) is 44.8 Å². The standard InChI is InChI=1S/C26H28N4O2/c1-18-12-19(2)14-23(13-18)29-26(32)25(31)28-16-24(21-8-5-10-27-15-21)30-11-9-20-6-3-4-7-22(20)17-30/h3-8,10,12-15,24H,9,11,16-17H2,1-2H3,(H,28,31)(H,29,32)/t24-/m1/s1. The Kier molecular flexibility index (Phi) is 6.61. The molecule has 2 heterocycles. The summed E-state index contributed by atoms with van der Waals surface area (Å²) in [6, 6.07) is 18.0. The van der Waals surface area contributed by atoms with Crippen LogP contribution in [0.15, 0.2) is 67.0 Å². The highest BCUT2D eigenvalue weighted by molar-refractivity contribution is 6.39. The third-order valence-corrected chi connectivity index (χ3v) is 5.81. The summed E-state index contributed by atoms with van der Waals surface area (Å²) >= 11 is 0. The molecule has 1 aliphatic rings. The highest BCUT2D eigenvalue weighted by Gasteiger charge is 2.26.